The molecular weight excluding hydrogens is 366 g/mol. The monoisotopic (exact) mass is 391 g/mol. The summed E-state index contributed by atoms with van der Waals surface area (Å²) in [7, 11) is 0. The third kappa shape index (κ3) is 3.39. The SMILES string of the molecule is Cc1nc2c(O)c(CCC(=O)c3ccccc3)c(C3CCCN3C=O)cn2c1C. The Bertz CT molecular complexity index is 1070. The Morgan fingerprint density at radius 3 is 2.76 bits per heavy atom. The second kappa shape index (κ2) is 7.70. The van der Waals surface area contributed by atoms with Gasteiger partial charge in [0.2, 0.25) is 6.41 Å². The van der Waals surface area contributed by atoms with Gasteiger partial charge in [-0.25, -0.2) is 4.98 Å². The van der Waals surface area contributed by atoms with E-state index in [-0.39, 0.29) is 24.0 Å². The molecule has 6 nitrogen and oxygen atoms in total. The molecule has 3 heterocycles. The number of Topliss-reactive ketones (excluding diaryl/α,β-unsaturated/α-hetero) is 1. The number of rotatable bonds is 6. The minimum Gasteiger partial charge on any atom is -0.504 e. The maximum atomic E-state index is 12.6. The highest BCUT2D eigenvalue weighted by molar-refractivity contribution is 5.96. The van der Waals surface area contributed by atoms with Crippen molar-refractivity contribution in [2.45, 2.75) is 45.6 Å². The number of aryl methyl sites for hydroxylation is 2. The zero-order chi connectivity index (χ0) is 20.5. The van der Waals surface area contributed by atoms with Crippen LogP contribution in [0.5, 0.6) is 5.75 Å². The molecule has 1 aliphatic rings. The molecule has 150 valence electrons. The van der Waals surface area contributed by atoms with Gasteiger partial charge in [-0.1, -0.05) is 30.3 Å². The second-order valence-corrected chi connectivity index (χ2v) is 7.68. The van der Waals surface area contributed by atoms with Crippen LogP contribution < -0.4 is 0 Å². The number of pyridine rings is 1. The zero-order valence-corrected chi connectivity index (χ0v) is 16.8. The molecule has 1 fully saturated rings. The summed E-state index contributed by atoms with van der Waals surface area (Å²) in [5.41, 5.74) is 4.59. The van der Waals surface area contributed by atoms with Crippen LogP contribution in [0.4, 0.5) is 0 Å². The first-order valence-corrected chi connectivity index (χ1v) is 10.0. The van der Waals surface area contributed by atoms with E-state index < -0.39 is 0 Å². The molecule has 1 saturated heterocycles. The maximum absolute atomic E-state index is 12.6. The summed E-state index contributed by atoms with van der Waals surface area (Å²) in [5, 5.41) is 11.1. The third-order valence-electron chi connectivity index (χ3n) is 5.99. The van der Waals surface area contributed by atoms with Gasteiger partial charge in [-0.15, -0.1) is 0 Å². The number of amides is 1. The highest BCUT2D eigenvalue weighted by Gasteiger charge is 2.30. The number of carbonyl (C=O) groups excluding carboxylic acids is 2. The average molecular weight is 391 g/mol. The zero-order valence-electron chi connectivity index (χ0n) is 16.8. The van der Waals surface area contributed by atoms with Crippen LogP contribution in [0, 0.1) is 13.8 Å². The molecule has 0 radical (unpaired) electrons. The van der Waals surface area contributed by atoms with Gasteiger partial charge in [-0.05, 0) is 38.7 Å². The molecule has 29 heavy (non-hydrogen) atoms. The summed E-state index contributed by atoms with van der Waals surface area (Å²) < 4.78 is 1.89. The number of ketones is 1. The topological polar surface area (TPSA) is 74.9 Å². The van der Waals surface area contributed by atoms with Crippen LogP contribution in [0.1, 0.15) is 58.2 Å². The van der Waals surface area contributed by atoms with Crippen molar-refractivity contribution >= 4 is 17.8 Å². The molecule has 1 atom stereocenters. The predicted octanol–water partition coefficient (Wildman–Crippen LogP) is 3.77. The maximum Gasteiger partial charge on any atom is 0.210 e. The van der Waals surface area contributed by atoms with Gasteiger partial charge in [0.1, 0.15) is 0 Å². The normalized spacial score (nSPS) is 16.5. The quantitative estimate of drug-likeness (QED) is 0.513. The molecule has 6 heteroatoms. The van der Waals surface area contributed by atoms with Crippen molar-refractivity contribution in [1.29, 1.82) is 0 Å². The number of benzene rings is 1. The van der Waals surface area contributed by atoms with Crippen LogP contribution in [0.25, 0.3) is 5.65 Å². The summed E-state index contributed by atoms with van der Waals surface area (Å²) in [6.45, 7) is 4.58. The number of hydrogen-bond acceptors (Lipinski definition) is 4. The third-order valence-corrected chi connectivity index (χ3v) is 5.99. The van der Waals surface area contributed by atoms with Crippen LogP contribution in [0.2, 0.25) is 0 Å². The lowest BCUT2D eigenvalue weighted by molar-refractivity contribution is -0.118. The van der Waals surface area contributed by atoms with Gasteiger partial charge < -0.3 is 14.4 Å². The van der Waals surface area contributed by atoms with Gasteiger partial charge in [0.25, 0.3) is 0 Å². The molecule has 4 rings (SSSR count). The summed E-state index contributed by atoms with van der Waals surface area (Å²) >= 11 is 0. The molecule has 1 aliphatic heterocycles. The number of hydrogen-bond donors (Lipinski definition) is 1. The Morgan fingerprint density at radius 2 is 2.03 bits per heavy atom. The number of nitrogens with zero attached hydrogens (tertiary/aromatic N) is 3. The van der Waals surface area contributed by atoms with Gasteiger partial charge in [-0.3, -0.25) is 9.59 Å². The Hall–Kier alpha value is -3.15. The smallest absolute Gasteiger partial charge is 0.210 e. The predicted molar refractivity (Wildman–Crippen MR) is 110 cm³/mol. The van der Waals surface area contributed by atoms with Crippen molar-refractivity contribution in [2.75, 3.05) is 6.54 Å². The van der Waals surface area contributed by atoms with Crippen LogP contribution in [0.15, 0.2) is 36.5 Å². The molecule has 2 aromatic heterocycles. The van der Waals surface area contributed by atoms with Crippen LogP contribution in [0.3, 0.4) is 0 Å². The first-order valence-electron chi connectivity index (χ1n) is 10.0. The Kier molecular flexibility index (Phi) is 5.09. The van der Waals surface area contributed by atoms with Gasteiger partial charge >= 0.3 is 0 Å². The minimum atomic E-state index is -0.0910. The van der Waals surface area contributed by atoms with Gasteiger partial charge in [0, 0.05) is 36.0 Å². The molecule has 1 unspecified atom stereocenters. The molecule has 0 bridgehead atoms. The molecule has 1 N–H and O–H groups in total. The van der Waals surface area contributed by atoms with E-state index in [9.17, 15) is 14.7 Å². The summed E-state index contributed by atoms with van der Waals surface area (Å²) in [6, 6.07) is 9.09. The van der Waals surface area contributed by atoms with Crippen molar-refractivity contribution in [1.82, 2.24) is 14.3 Å². The fourth-order valence-corrected chi connectivity index (χ4v) is 4.25. The largest absolute Gasteiger partial charge is 0.504 e. The van der Waals surface area contributed by atoms with E-state index in [0.29, 0.717) is 29.7 Å². The van der Waals surface area contributed by atoms with E-state index in [1.807, 2.05) is 42.6 Å². The number of imidazole rings is 1. The lowest BCUT2D eigenvalue weighted by Gasteiger charge is -2.24. The Labute approximate surface area is 169 Å². The fourth-order valence-electron chi connectivity index (χ4n) is 4.25. The lowest BCUT2D eigenvalue weighted by atomic mass is 9.94. The van der Waals surface area contributed by atoms with E-state index in [0.717, 1.165) is 36.2 Å². The molecule has 3 aromatic rings. The highest BCUT2D eigenvalue weighted by Crippen LogP contribution is 2.38. The number of aromatic nitrogens is 2. The first-order chi connectivity index (χ1) is 14.0. The van der Waals surface area contributed by atoms with E-state index in [1.54, 1.807) is 17.0 Å². The molecule has 0 saturated carbocycles. The number of aromatic hydroxyl groups is 1. The van der Waals surface area contributed by atoms with Gasteiger partial charge in [0.15, 0.2) is 17.2 Å². The Morgan fingerprint density at radius 1 is 1.28 bits per heavy atom. The number of likely N-dealkylation sites (tertiary alicyclic amines) is 1. The first kappa shape index (κ1) is 19.2. The summed E-state index contributed by atoms with van der Waals surface area (Å²) in [4.78, 5) is 30.5. The molecule has 0 aliphatic carbocycles. The van der Waals surface area contributed by atoms with E-state index in [1.165, 1.54) is 0 Å². The van der Waals surface area contributed by atoms with E-state index >= 15 is 0 Å². The van der Waals surface area contributed by atoms with Crippen molar-refractivity contribution in [3.63, 3.8) is 0 Å². The Balaban J connectivity index is 1.76. The van der Waals surface area contributed by atoms with Crippen molar-refractivity contribution in [3.05, 3.63) is 64.6 Å². The van der Waals surface area contributed by atoms with Crippen LogP contribution >= 0.6 is 0 Å². The van der Waals surface area contributed by atoms with Crippen molar-refractivity contribution in [2.24, 2.45) is 0 Å². The van der Waals surface area contributed by atoms with Gasteiger partial charge in [0.05, 0.1) is 11.7 Å². The number of fused-ring (bicyclic) bond motifs is 1. The second-order valence-electron chi connectivity index (χ2n) is 7.68. The molecule has 1 amide bonds. The molecular formula is C23H25N3O3. The van der Waals surface area contributed by atoms with Gasteiger partial charge in [-0.2, -0.15) is 0 Å². The summed E-state index contributed by atoms with van der Waals surface area (Å²) in [5.74, 6) is 0.141. The number of carbonyl (C=O) groups is 2. The van der Waals surface area contributed by atoms with Crippen molar-refractivity contribution in [3.8, 4) is 5.75 Å². The molecule has 0 spiro atoms. The fraction of sp³-hybridized carbons (Fsp3) is 0.348. The summed E-state index contributed by atoms with van der Waals surface area (Å²) in [6.07, 6.45) is 5.32. The van der Waals surface area contributed by atoms with Crippen molar-refractivity contribution < 1.29 is 14.7 Å². The standard InChI is InChI=1S/C23H25N3O3/c1-15-16(2)26-13-19(20-9-6-12-25(20)14-27)18(22(29)23(26)24-15)10-11-21(28)17-7-4-3-5-8-17/h3-5,7-8,13-14,20,29H,6,9-12H2,1-2H3. The van der Waals surface area contributed by atoms with Crippen LogP contribution in [-0.4, -0.2) is 38.1 Å². The lowest BCUT2D eigenvalue weighted by Crippen LogP contribution is -2.23. The van der Waals surface area contributed by atoms with E-state index in [2.05, 4.69) is 4.98 Å². The molecule has 1 aromatic carbocycles. The highest BCUT2D eigenvalue weighted by atomic mass is 16.3. The van der Waals surface area contributed by atoms with E-state index in [4.69, 9.17) is 0 Å². The van der Waals surface area contributed by atoms with Crippen LogP contribution in [-0.2, 0) is 11.2 Å². The average Bonchev–Trinajstić information content (AvgIpc) is 3.32. The minimum absolute atomic E-state index is 0.0326.